The van der Waals surface area contributed by atoms with Crippen LogP contribution in [0.2, 0.25) is 0 Å². The van der Waals surface area contributed by atoms with Crippen LogP contribution >= 0.6 is 0 Å². The van der Waals surface area contributed by atoms with E-state index in [1.54, 1.807) is 6.92 Å². The summed E-state index contributed by atoms with van der Waals surface area (Å²) in [5.41, 5.74) is 10.6. The van der Waals surface area contributed by atoms with Gasteiger partial charge in [-0.25, -0.2) is 8.78 Å². The predicted molar refractivity (Wildman–Crippen MR) is 42.8 cm³/mol. The Kier molecular flexibility index (Phi) is 2.12. The third kappa shape index (κ3) is 1.30. The van der Waals surface area contributed by atoms with Crippen LogP contribution in [0.4, 0.5) is 20.2 Å². The summed E-state index contributed by atoms with van der Waals surface area (Å²) in [6.07, 6.45) is -1.46. The standard InChI is InChI=1S/C7H9F2N3/c1-3-6(11)5(7(8)9)4(10)2-12-3/h2,7H,10-11H2,1H3. The molecule has 5 heteroatoms. The molecule has 0 aromatic carbocycles. The van der Waals surface area contributed by atoms with Gasteiger partial charge in [-0.1, -0.05) is 0 Å². The summed E-state index contributed by atoms with van der Waals surface area (Å²) in [6.45, 7) is 1.56. The summed E-state index contributed by atoms with van der Waals surface area (Å²) < 4.78 is 24.6. The lowest BCUT2D eigenvalue weighted by Gasteiger charge is -2.08. The fourth-order valence-electron chi connectivity index (χ4n) is 0.899. The first kappa shape index (κ1) is 8.70. The number of aryl methyl sites for hydroxylation is 1. The summed E-state index contributed by atoms with van der Waals surface area (Å²) in [4.78, 5) is 3.74. The fraction of sp³-hybridized carbons (Fsp3) is 0.286. The second kappa shape index (κ2) is 2.92. The van der Waals surface area contributed by atoms with Crippen molar-refractivity contribution >= 4 is 11.4 Å². The lowest BCUT2D eigenvalue weighted by atomic mass is 10.1. The monoisotopic (exact) mass is 173 g/mol. The lowest BCUT2D eigenvalue weighted by molar-refractivity contribution is 0.153. The Morgan fingerprint density at radius 3 is 2.42 bits per heavy atom. The van der Waals surface area contributed by atoms with Gasteiger partial charge < -0.3 is 11.5 Å². The molecule has 0 spiro atoms. The zero-order chi connectivity index (χ0) is 9.30. The zero-order valence-electron chi connectivity index (χ0n) is 6.51. The second-order valence-electron chi connectivity index (χ2n) is 2.43. The van der Waals surface area contributed by atoms with Crippen LogP contribution in [-0.4, -0.2) is 4.98 Å². The van der Waals surface area contributed by atoms with E-state index in [9.17, 15) is 8.78 Å². The Morgan fingerprint density at radius 2 is 2.00 bits per heavy atom. The minimum Gasteiger partial charge on any atom is -0.397 e. The smallest absolute Gasteiger partial charge is 0.267 e. The maximum absolute atomic E-state index is 12.3. The molecule has 0 aliphatic rings. The van der Waals surface area contributed by atoms with Gasteiger partial charge in [-0.05, 0) is 6.92 Å². The maximum Gasteiger partial charge on any atom is 0.267 e. The van der Waals surface area contributed by atoms with Crippen molar-refractivity contribution in [3.8, 4) is 0 Å². The van der Waals surface area contributed by atoms with Gasteiger partial charge in [0.2, 0.25) is 0 Å². The van der Waals surface area contributed by atoms with Crippen LogP contribution in [0.3, 0.4) is 0 Å². The average Bonchev–Trinajstić information content (AvgIpc) is 1.97. The van der Waals surface area contributed by atoms with Crippen molar-refractivity contribution in [2.75, 3.05) is 11.5 Å². The minimum absolute atomic E-state index is 0.0231. The average molecular weight is 173 g/mol. The van der Waals surface area contributed by atoms with Crippen LogP contribution in [0.1, 0.15) is 17.7 Å². The van der Waals surface area contributed by atoms with Crippen molar-refractivity contribution in [1.82, 2.24) is 4.98 Å². The first-order valence-corrected chi connectivity index (χ1v) is 3.32. The molecule has 0 aliphatic carbocycles. The van der Waals surface area contributed by atoms with Crippen molar-refractivity contribution in [2.45, 2.75) is 13.3 Å². The van der Waals surface area contributed by atoms with Crippen LogP contribution in [0.5, 0.6) is 0 Å². The lowest BCUT2D eigenvalue weighted by Crippen LogP contribution is -2.04. The first-order valence-electron chi connectivity index (χ1n) is 3.32. The summed E-state index contributed by atoms with van der Waals surface area (Å²) in [6, 6.07) is 0. The van der Waals surface area contributed by atoms with Crippen molar-refractivity contribution in [3.05, 3.63) is 17.5 Å². The quantitative estimate of drug-likeness (QED) is 0.676. The Bertz CT molecular complexity index is 299. The molecule has 0 bridgehead atoms. The number of pyridine rings is 1. The summed E-state index contributed by atoms with van der Waals surface area (Å²) in [5.74, 6) is 0. The Hall–Kier alpha value is -1.39. The highest BCUT2D eigenvalue weighted by atomic mass is 19.3. The molecule has 1 aromatic heterocycles. The number of nitrogens with two attached hydrogens (primary N) is 2. The number of alkyl halides is 2. The van der Waals surface area contributed by atoms with E-state index in [0.717, 1.165) is 0 Å². The van der Waals surface area contributed by atoms with Crippen LogP contribution in [-0.2, 0) is 0 Å². The van der Waals surface area contributed by atoms with E-state index < -0.39 is 6.43 Å². The molecular formula is C7H9F2N3. The largest absolute Gasteiger partial charge is 0.397 e. The molecule has 0 unspecified atom stereocenters. The van der Waals surface area contributed by atoms with E-state index in [-0.39, 0.29) is 16.9 Å². The number of nitrogens with zero attached hydrogens (tertiary/aromatic N) is 1. The number of rotatable bonds is 1. The van der Waals surface area contributed by atoms with E-state index in [4.69, 9.17) is 11.5 Å². The highest BCUT2D eigenvalue weighted by Gasteiger charge is 2.16. The molecule has 12 heavy (non-hydrogen) atoms. The van der Waals surface area contributed by atoms with Gasteiger partial charge in [0.15, 0.2) is 0 Å². The number of halogens is 2. The number of anilines is 2. The fourth-order valence-corrected chi connectivity index (χ4v) is 0.899. The Balaban J connectivity index is 3.33. The Labute approximate surface area is 68.4 Å². The predicted octanol–water partition coefficient (Wildman–Crippen LogP) is 1.49. The van der Waals surface area contributed by atoms with Gasteiger partial charge in [-0.15, -0.1) is 0 Å². The number of hydrogen-bond donors (Lipinski definition) is 2. The third-order valence-electron chi connectivity index (χ3n) is 1.61. The SMILES string of the molecule is Cc1ncc(N)c(C(F)F)c1N. The second-order valence-corrected chi connectivity index (χ2v) is 2.43. The van der Waals surface area contributed by atoms with Gasteiger partial charge in [-0.2, -0.15) is 0 Å². The van der Waals surface area contributed by atoms with E-state index >= 15 is 0 Å². The molecule has 1 aromatic rings. The molecule has 1 heterocycles. The van der Waals surface area contributed by atoms with E-state index in [0.29, 0.717) is 5.69 Å². The van der Waals surface area contributed by atoms with Gasteiger partial charge in [0.1, 0.15) is 0 Å². The van der Waals surface area contributed by atoms with Crippen molar-refractivity contribution in [3.63, 3.8) is 0 Å². The number of hydrogen-bond acceptors (Lipinski definition) is 3. The van der Waals surface area contributed by atoms with Crippen molar-refractivity contribution in [1.29, 1.82) is 0 Å². The van der Waals surface area contributed by atoms with Gasteiger partial charge >= 0.3 is 0 Å². The molecule has 0 radical (unpaired) electrons. The zero-order valence-corrected chi connectivity index (χ0v) is 6.51. The highest BCUT2D eigenvalue weighted by Crippen LogP contribution is 2.30. The summed E-state index contributed by atoms with van der Waals surface area (Å²) in [7, 11) is 0. The van der Waals surface area contributed by atoms with Gasteiger partial charge in [0, 0.05) is 0 Å². The minimum atomic E-state index is -2.65. The van der Waals surface area contributed by atoms with E-state index in [1.807, 2.05) is 0 Å². The van der Waals surface area contributed by atoms with Gasteiger partial charge in [-0.3, -0.25) is 4.98 Å². The molecule has 0 saturated heterocycles. The molecule has 3 nitrogen and oxygen atoms in total. The molecule has 0 aliphatic heterocycles. The maximum atomic E-state index is 12.3. The van der Waals surface area contributed by atoms with Crippen LogP contribution in [0, 0.1) is 6.92 Å². The normalized spacial score (nSPS) is 10.7. The molecule has 0 saturated carbocycles. The third-order valence-corrected chi connectivity index (χ3v) is 1.61. The summed E-state index contributed by atoms with van der Waals surface area (Å²) in [5, 5.41) is 0. The van der Waals surface area contributed by atoms with Crippen molar-refractivity contribution in [2.24, 2.45) is 0 Å². The van der Waals surface area contributed by atoms with Crippen molar-refractivity contribution < 1.29 is 8.78 Å². The van der Waals surface area contributed by atoms with Crippen LogP contribution in [0.15, 0.2) is 6.20 Å². The molecule has 66 valence electrons. The molecule has 4 N–H and O–H groups in total. The van der Waals surface area contributed by atoms with E-state index in [1.165, 1.54) is 6.20 Å². The van der Waals surface area contributed by atoms with Gasteiger partial charge in [0.05, 0.1) is 28.8 Å². The molecule has 0 atom stereocenters. The Morgan fingerprint density at radius 1 is 1.42 bits per heavy atom. The molecule has 0 fully saturated rings. The summed E-state index contributed by atoms with van der Waals surface area (Å²) >= 11 is 0. The number of nitrogen functional groups attached to an aromatic ring is 2. The van der Waals surface area contributed by atoms with Crippen LogP contribution in [0.25, 0.3) is 0 Å². The molecular weight excluding hydrogens is 164 g/mol. The van der Waals surface area contributed by atoms with Gasteiger partial charge in [0.25, 0.3) is 6.43 Å². The molecule has 1 rings (SSSR count). The first-order chi connectivity index (χ1) is 5.54. The van der Waals surface area contributed by atoms with E-state index in [2.05, 4.69) is 4.98 Å². The van der Waals surface area contributed by atoms with Crippen LogP contribution < -0.4 is 11.5 Å². The molecule has 0 amide bonds. The topological polar surface area (TPSA) is 64.9 Å². The highest BCUT2D eigenvalue weighted by molar-refractivity contribution is 5.62. The number of aromatic nitrogens is 1.